The van der Waals surface area contributed by atoms with Gasteiger partial charge in [0.1, 0.15) is 11.1 Å². The lowest BCUT2D eigenvalue weighted by Crippen LogP contribution is -2.41. The number of nitrogens with zero attached hydrogens (tertiary/aromatic N) is 2. The molecule has 1 aliphatic rings. The number of carbonyl (C=O) groups is 2. The van der Waals surface area contributed by atoms with Crippen molar-refractivity contribution < 1.29 is 14.0 Å². The van der Waals surface area contributed by atoms with E-state index in [0.29, 0.717) is 22.0 Å². The predicted molar refractivity (Wildman–Crippen MR) is 118 cm³/mol. The highest BCUT2D eigenvalue weighted by Crippen LogP contribution is 2.23. The van der Waals surface area contributed by atoms with Crippen molar-refractivity contribution in [3.63, 3.8) is 0 Å². The molecule has 2 aromatic rings. The van der Waals surface area contributed by atoms with Gasteiger partial charge in [0.05, 0.1) is 5.71 Å². The zero-order chi connectivity index (χ0) is 20.1. The van der Waals surface area contributed by atoms with Crippen LogP contribution in [0.3, 0.4) is 0 Å². The van der Waals surface area contributed by atoms with Crippen LogP contribution in [-0.2, 0) is 9.59 Å². The van der Waals surface area contributed by atoms with Gasteiger partial charge in [-0.25, -0.2) is 4.39 Å². The number of anilines is 1. The van der Waals surface area contributed by atoms with Crippen LogP contribution >= 0.6 is 35.8 Å². The molecular weight excluding hydrogens is 438 g/mol. The number of hydrogen-bond acceptors (Lipinski definition) is 5. The van der Waals surface area contributed by atoms with Crippen LogP contribution in [-0.4, -0.2) is 27.9 Å². The van der Waals surface area contributed by atoms with Gasteiger partial charge in [-0.1, -0.05) is 35.5 Å². The fourth-order valence-corrected chi connectivity index (χ4v) is 3.42. The quantitative estimate of drug-likeness (QED) is 0.535. The average Bonchev–Trinajstić information content (AvgIpc) is 2.68. The third-order valence-electron chi connectivity index (χ3n) is 3.83. The van der Waals surface area contributed by atoms with Crippen molar-refractivity contribution in [3.05, 3.63) is 64.9 Å². The van der Waals surface area contributed by atoms with Crippen LogP contribution in [0.15, 0.2) is 58.7 Å². The molecular formula is C19H17Cl2FN4O2S. The zero-order valence-corrected chi connectivity index (χ0v) is 17.6. The van der Waals surface area contributed by atoms with Gasteiger partial charge in [0.25, 0.3) is 0 Å². The Bertz CT molecular complexity index is 950. The topological polar surface area (TPSA) is 82.9 Å². The molecule has 1 saturated heterocycles. The monoisotopic (exact) mass is 454 g/mol. The van der Waals surface area contributed by atoms with Crippen molar-refractivity contribution in [3.8, 4) is 0 Å². The minimum atomic E-state index is -0.635. The van der Waals surface area contributed by atoms with E-state index in [0.717, 1.165) is 11.8 Å². The van der Waals surface area contributed by atoms with E-state index in [9.17, 15) is 14.0 Å². The minimum absolute atomic E-state index is 0. The average molecular weight is 455 g/mol. The minimum Gasteiger partial charge on any atom is -0.325 e. The van der Waals surface area contributed by atoms with E-state index in [2.05, 4.69) is 20.8 Å². The molecule has 152 valence electrons. The molecule has 10 heteroatoms. The molecule has 0 aliphatic carbocycles. The van der Waals surface area contributed by atoms with Crippen LogP contribution < -0.4 is 10.6 Å². The maximum atomic E-state index is 13.0. The standard InChI is InChI=1S/C19H16ClFN4O2S.ClH/c1-11(12-2-6-14(21)7-3-12)24-25-19-23-17(26)10-16(28-19)18(27)22-15-8-4-13(20)5-9-15;/h2-9,16H,10H2,1H3,(H,22,27)(H,23,25,26);1H/b24-11+;. The molecule has 6 nitrogen and oxygen atoms in total. The lowest BCUT2D eigenvalue weighted by molar-refractivity contribution is -0.123. The van der Waals surface area contributed by atoms with E-state index in [4.69, 9.17) is 11.6 Å². The van der Waals surface area contributed by atoms with Gasteiger partial charge >= 0.3 is 0 Å². The summed E-state index contributed by atoms with van der Waals surface area (Å²) in [6, 6.07) is 12.5. The number of benzene rings is 2. The van der Waals surface area contributed by atoms with Crippen LogP contribution in [0.5, 0.6) is 0 Å². The number of rotatable bonds is 4. The molecule has 2 aromatic carbocycles. The third kappa shape index (κ3) is 6.56. The van der Waals surface area contributed by atoms with E-state index in [-0.39, 0.29) is 41.6 Å². The van der Waals surface area contributed by atoms with Gasteiger partial charge in [-0.05, 0) is 48.9 Å². The normalized spacial score (nSPS) is 18.0. The molecule has 1 atom stereocenters. The summed E-state index contributed by atoms with van der Waals surface area (Å²) in [6.07, 6.45) is 0.0315. The van der Waals surface area contributed by atoms with Crippen molar-refractivity contribution in [1.29, 1.82) is 0 Å². The largest absolute Gasteiger partial charge is 0.325 e. The van der Waals surface area contributed by atoms with Gasteiger partial charge in [-0.15, -0.1) is 17.5 Å². The summed E-state index contributed by atoms with van der Waals surface area (Å²) in [5.41, 5.74) is 1.84. The van der Waals surface area contributed by atoms with Gasteiger partial charge in [-0.3, -0.25) is 9.59 Å². The van der Waals surface area contributed by atoms with Crippen molar-refractivity contribution >= 4 is 64.2 Å². The maximum absolute atomic E-state index is 13.0. The van der Waals surface area contributed by atoms with Crippen LogP contribution in [0.4, 0.5) is 10.1 Å². The lowest BCUT2D eigenvalue weighted by atomic mass is 10.1. The van der Waals surface area contributed by atoms with Crippen LogP contribution in [0.2, 0.25) is 5.02 Å². The van der Waals surface area contributed by atoms with Gasteiger partial charge in [-0.2, -0.15) is 5.10 Å². The van der Waals surface area contributed by atoms with E-state index < -0.39 is 5.25 Å². The Balaban J connectivity index is 0.00000300. The molecule has 3 rings (SSSR count). The fraction of sp³-hybridized carbons (Fsp3) is 0.158. The highest BCUT2D eigenvalue weighted by atomic mass is 35.5. The van der Waals surface area contributed by atoms with Crippen molar-refractivity contribution in [2.24, 2.45) is 10.2 Å². The molecule has 0 spiro atoms. The first kappa shape index (κ1) is 22.9. The van der Waals surface area contributed by atoms with Gasteiger partial charge < -0.3 is 10.6 Å². The first-order valence-corrected chi connectivity index (χ1v) is 9.57. The Labute approximate surface area is 182 Å². The van der Waals surface area contributed by atoms with Gasteiger partial charge in [0.15, 0.2) is 5.17 Å². The predicted octanol–water partition coefficient (Wildman–Crippen LogP) is 4.24. The van der Waals surface area contributed by atoms with E-state index >= 15 is 0 Å². The summed E-state index contributed by atoms with van der Waals surface area (Å²) in [6.45, 7) is 1.72. The smallest absolute Gasteiger partial charge is 0.238 e. The Morgan fingerprint density at radius 2 is 1.86 bits per heavy atom. The number of hydrogen-bond donors (Lipinski definition) is 2. The van der Waals surface area contributed by atoms with Crippen molar-refractivity contribution in [1.82, 2.24) is 5.32 Å². The number of carbonyl (C=O) groups excluding carboxylic acids is 2. The molecule has 0 bridgehead atoms. The van der Waals surface area contributed by atoms with Crippen molar-refractivity contribution in [2.75, 3.05) is 5.32 Å². The number of nitrogens with one attached hydrogen (secondary N) is 2. The summed E-state index contributed by atoms with van der Waals surface area (Å²) in [5.74, 6) is -0.968. The molecule has 29 heavy (non-hydrogen) atoms. The molecule has 0 radical (unpaired) electrons. The Morgan fingerprint density at radius 3 is 2.52 bits per heavy atom. The van der Waals surface area contributed by atoms with E-state index in [1.807, 2.05) is 0 Å². The molecule has 0 aromatic heterocycles. The van der Waals surface area contributed by atoms with Gasteiger partial charge in [0.2, 0.25) is 11.8 Å². The highest BCUT2D eigenvalue weighted by Gasteiger charge is 2.30. The maximum Gasteiger partial charge on any atom is 0.238 e. The molecule has 1 unspecified atom stereocenters. The summed E-state index contributed by atoms with van der Waals surface area (Å²) in [4.78, 5) is 24.4. The van der Waals surface area contributed by atoms with Crippen LogP contribution in [0.1, 0.15) is 18.9 Å². The number of thioether (sulfide) groups is 1. The highest BCUT2D eigenvalue weighted by molar-refractivity contribution is 8.15. The van der Waals surface area contributed by atoms with Crippen LogP contribution in [0.25, 0.3) is 0 Å². The van der Waals surface area contributed by atoms with Crippen LogP contribution in [0, 0.1) is 5.82 Å². The second-order valence-corrected chi connectivity index (χ2v) is 7.58. The first-order chi connectivity index (χ1) is 13.4. The number of amides is 2. The second-order valence-electron chi connectivity index (χ2n) is 5.95. The molecule has 2 N–H and O–H groups in total. The number of amidine groups is 1. The summed E-state index contributed by atoms with van der Waals surface area (Å²) >= 11 is 6.95. The lowest BCUT2D eigenvalue weighted by Gasteiger charge is -2.21. The molecule has 2 amide bonds. The molecule has 1 heterocycles. The summed E-state index contributed by atoms with van der Waals surface area (Å²) < 4.78 is 13.0. The molecule has 1 aliphatic heterocycles. The zero-order valence-electron chi connectivity index (χ0n) is 15.2. The second kappa shape index (κ2) is 10.4. The summed E-state index contributed by atoms with van der Waals surface area (Å²) in [5, 5.41) is 13.6. The van der Waals surface area contributed by atoms with E-state index in [1.54, 1.807) is 43.3 Å². The molecule has 0 saturated carbocycles. The van der Waals surface area contributed by atoms with Crippen molar-refractivity contribution in [2.45, 2.75) is 18.6 Å². The molecule has 1 fully saturated rings. The SMILES string of the molecule is C/C(=N\N=C1/NC(=O)CC(C(=O)Nc2ccc(Cl)cc2)S1)c1ccc(F)cc1.Cl. The van der Waals surface area contributed by atoms with E-state index in [1.165, 1.54) is 12.1 Å². The fourth-order valence-electron chi connectivity index (χ4n) is 2.36. The Morgan fingerprint density at radius 1 is 1.21 bits per heavy atom. The summed E-state index contributed by atoms with van der Waals surface area (Å²) in [7, 11) is 0. The third-order valence-corrected chi connectivity index (χ3v) is 5.15. The van der Waals surface area contributed by atoms with Gasteiger partial charge in [0, 0.05) is 17.1 Å². The Kier molecular flexibility index (Phi) is 8.19. The Hall–Kier alpha value is -2.42. The number of halogens is 3. The first-order valence-electron chi connectivity index (χ1n) is 8.32.